The summed E-state index contributed by atoms with van der Waals surface area (Å²) in [5.41, 5.74) is 1.58. The van der Waals surface area contributed by atoms with Crippen molar-refractivity contribution in [2.45, 2.75) is 117 Å². The van der Waals surface area contributed by atoms with Gasteiger partial charge in [0.15, 0.2) is 0 Å². The molecule has 1 aliphatic heterocycles. The van der Waals surface area contributed by atoms with Gasteiger partial charge >= 0.3 is 6.03 Å². The highest BCUT2D eigenvalue weighted by Gasteiger charge is 2.29. The number of carbonyl (C=O) groups is 3. The van der Waals surface area contributed by atoms with Gasteiger partial charge in [0, 0.05) is 44.7 Å². The fraction of sp³-hybridized carbons (Fsp3) is 0.730. The van der Waals surface area contributed by atoms with Crippen LogP contribution in [0.3, 0.4) is 0 Å². The van der Waals surface area contributed by atoms with Gasteiger partial charge in [0.1, 0.15) is 12.3 Å². The third-order valence-corrected chi connectivity index (χ3v) is 9.64. The minimum absolute atomic E-state index is 0.00645. The fourth-order valence-corrected chi connectivity index (χ4v) is 7.09. The van der Waals surface area contributed by atoms with Crippen LogP contribution >= 0.6 is 0 Å². The molecule has 0 unspecified atom stereocenters. The minimum Gasteiger partial charge on any atom is -0.493 e. The topological polar surface area (TPSA) is 107 Å². The minimum atomic E-state index is -0.299. The van der Waals surface area contributed by atoms with E-state index < -0.39 is 0 Å². The number of urea groups is 1. The van der Waals surface area contributed by atoms with E-state index in [2.05, 4.69) is 38.3 Å². The van der Waals surface area contributed by atoms with Gasteiger partial charge in [0.05, 0.1) is 18.8 Å². The average molecular weight is 653 g/mol. The van der Waals surface area contributed by atoms with E-state index >= 15 is 0 Å². The van der Waals surface area contributed by atoms with Crippen LogP contribution in [-0.4, -0.2) is 84.4 Å². The van der Waals surface area contributed by atoms with Gasteiger partial charge < -0.3 is 24.8 Å². The lowest BCUT2D eigenvalue weighted by Crippen LogP contribution is -2.52. The van der Waals surface area contributed by atoms with Crippen molar-refractivity contribution in [3.63, 3.8) is 0 Å². The first-order valence-corrected chi connectivity index (χ1v) is 18.3. The molecule has 0 saturated heterocycles. The maximum Gasteiger partial charge on any atom is 0.321 e. The predicted molar refractivity (Wildman–Crippen MR) is 188 cm³/mol. The summed E-state index contributed by atoms with van der Waals surface area (Å²) in [4.78, 5) is 50.2. The second-order valence-corrected chi connectivity index (χ2v) is 14.7. The number of carbonyl (C=O) groups excluding carboxylic acids is 3. The van der Waals surface area contributed by atoms with Gasteiger partial charge in [-0.1, -0.05) is 72.3 Å². The Kier molecular flexibility index (Phi) is 14.2. The predicted octanol–water partition coefficient (Wildman–Crippen LogP) is 6.46. The summed E-state index contributed by atoms with van der Waals surface area (Å²) >= 11 is 0. The molecule has 2 saturated carbocycles. The zero-order valence-corrected chi connectivity index (χ0v) is 29.7. The Morgan fingerprint density at radius 3 is 2.26 bits per heavy atom. The number of nitrogens with one attached hydrogen (secondary N) is 2. The lowest BCUT2D eigenvalue weighted by Gasteiger charge is -2.34. The van der Waals surface area contributed by atoms with Gasteiger partial charge in [-0.2, -0.15) is 0 Å². The Hall–Kier alpha value is -3.30. The van der Waals surface area contributed by atoms with E-state index in [1.54, 1.807) is 0 Å². The molecule has 10 heteroatoms. The normalized spacial score (nSPS) is 17.3. The fourth-order valence-electron chi connectivity index (χ4n) is 7.09. The zero-order chi connectivity index (χ0) is 33.8. The smallest absolute Gasteiger partial charge is 0.321 e. The third-order valence-electron chi connectivity index (χ3n) is 9.64. The largest absolute Gasteiger partial charge is 0.493 e. The van der Waals surface area contributed by atoms with E-state index in [0.29, 0.717) is 86.8 Å². The molecule has 2 N–H and O–H groups in total. The van der Waals surface area contributed by atoms with Gasteiger partial charge in [-0.3, -0.25) is 14.9 Å². The molecule has 262 valence electrons. The highest BCUT2D eigenvalue weighted by atomic mass is 16.5. The van der Waals surface area contributed by atoms with Gasteiger partial charge in [-0.25, -0.2) is 9.79 Å². The number of guanidine groups is 1. The van der Waals surface area contributed by atoms with Crippen LogP contribution in [0.2, 0.25) is 0 Å². The number of ether oxygens (including phenoxy) is 1. The lowest BCUT2D eigenvalue weighted by molar-refractivity contribution is -0.133. The summed E-state index contributed by atoms with van der Waals surface area (Å²) in [5, 5.41) is 6.02. The Morgan fingerprint density at radius 2 is 1.60 bits per heavy atom. The van der Waals surface area contributed by atoms with Crippen molar-refractivity contribution in [2.75, 3.05) is 39.8 Å². The molecule has 3 aliphatic rings. The number of fused-ring (bicyclic) bond motifs is 1. The highest BCUT2D eigenvalue weighted by molar-refractivity contribution is 5.99. The first-order valence-electron chi connectivity index (χ1n) is 18.3. The standard InChI is InChI=1S/C37H60N6O4/c1-27(2)23-42(24-28(3)4)35(45)26-43-25-31-32(39-36(43)40-37(46)38-22-29-14-8-6-9-15-29)18-12-19-33(31)47-21-13-20-34(44)41(5)30-16-10-7-11-17-30/h12,18-19,27-30H,6-11,13-17,20-26H2,1-5H3,(H2,38,39,40,46). The van der Waals surface area contributed by atoms with E-state index in [1.807, 2.05) is 39.9 Å². The van der Waals surface area contributed by atoms with Gasteiger partial charge in [0.25, 0.3) is 0 Å². The van der Waals surface area contributed by atoms with E-state index in [1.165, 1.54) is 38.5 Å². The highest BCUT2D eigenvalue weighted by Crippen LogP contribution is 2.34. The summed E-state index contributed by atoms with van der Waals surface area (Å²) < 4.78 is 6.25. The molecule has 0 aromatic heterocycles. The van der Waals surface area contributed by atoms with Crippen molar-refractivity contribution >= 4 is 29.5 Å². The number of nitrogens with zero attached hydrogens (tertiary/aromatic N) is 4. The van der Waals surface area contributed by atoms with Gasteiger partial charge in [0.2, 0.25) is 17.8 Å². The van der Waals surface area contributed by atoms with Crippen LogP contribution in [0.5, 0.6) is 5.75 Å². The summed E-state index contributed by atoms with van der Waals surface area (Å²) in [6, 6.07) is 5.79. The Balaban J connectivity index is 1.43. The van der Waals surface area contributed by atoms with Crippen molar-refractivity contribution < 1.29 is 19.1 Å². The van der Waals surface area contributed by atoms with Crippen molar-refractivity contribution in [2.24, 2.45) is 22.7 Å². The van der Waals surface area contributed by atoms with Crippen LogP contribution in [0.25, 0.3) is 0 Å². The summed E-state index contributed by atoms with van der Waals surface area (Å²) in [6.07, 6.45) is 12.9. The van der Waals surface area contributed by atoms with Crippen molar-refractivity contribution in [3.05, 3.63) is 23.8 Å². The number of amides is 4. The quantitative estimate of drug-likeness (QED) is 0.225. The van der Waals surface area contributed by atoms with Crippen LogP contribution in [0, 0.1) is 17.8 Å². The van der Waals surface area contributed by atoms with Gasteiger partial charge in [-0.15, -0.1) is 0 Å². The lowest BCUT2D eigenvalue weighted by atomic mass is 9.89. The van der Waals surface area contributed by atoms with Crippen LogP contribution in [0.1, 0.15) is 110 Å². The summed E-state index contributed by atoms with van der Waals surface area (Å²) in [6.45, 7) is 11.3. The van der Waals surface area contributed by atoms with Crippen molar-refractivity contribution in [3.8, 4) is 5.75 Å². The molecule has 1 heterocycles. The number of rotatable bonds is 14. The molecule has 4 rings (SSSR count). The maximum absolute atomic E-state index is 13.7. The molecule has 2 aliphatic carbocycles. The third kappa shape index (κ3) is 11.4. The number of hydrogen-bond donors (Lipinski definition) is 2. The van der Waals surface area contributed by atoms with Crippen molar-refractivity contribution in [1.29, 1.82) is 0 Å². The average Bonchev–Trinajstić information content (AvgIpc) is 3.05. The van der Waals surface area contributed by atoms with E-state index in [9.17, 15) is 14.4 Å². The molecular formula is C37H60N6O4. The molecule has 47 heavy (non-hydrogen) atoms. The van der Waals surface area contributed by atoms with Gasteiger partial charge in [-0.05, 0) is 62.0 Å². The molecule has 1 aromatic carbocycles. The first-order chi connectivity index (χ1) is 22.6. The van der Waals surface area contributed by atoms with Crippen LogP contribution < -0.4 is 15.4 Å². The van der Waals surface area contributed by atoms with Crippen LogP contribution in [0.4, 0.5) is 10.5 Å². The van der Waals surface area contributed by atoms with Crippen molar-refractivity contribution in [1.82, 2.24) is 25.3 Å². The molecule has 0 bridgehead atoms. The number of hydrogen-bond acceptors (Lipinski definition) is 6. The summed E-state index contributed by atoms with van der Waals surface area (Å²) in [5.74, 6) is 2.43. The van der Waals surface area contributed by atoms with E-state index in [-0.39, 0.29) is 24.4 Å². The molecule has 4 amide bonds. The molecular weight excluding hydrogens is 592 g/mol. The number of aliphatic imine (C=N–C) groups is 1. The molecule has 2 fully saturated rings. The SMILES string of the molecule is CC(C)CN(CC(C)C)C(=O)CN1Cc2c(cccc2OCCCC(=O)N(C)C2CCCCC2)N=C1NC(=O)NCC1CCCCC1. The first kappa shape index (κ1) is 36.5. The van der Waals surface area contributed by atoms with Crippen LogP contribution in [0.15, 0.2) is 23.2 Å². The number of benzene rings is 1. The second-order valence-electron chi connectivity index (χ2n) is 14.7. The maximum atomic E-state index is 13.7. The zero-order valence-electron chi connectivity index (χ0n) is 29.7. The second kappa shape index (κ2) is 18.3. The molecule has 0 spiro atoms. The van der Waals surface area contributed by atoms with Crippen LogP contribution in [-0.2, 0) is 16.1 Å². The van der Waals surface area contributed by atoms with E-state index in [4.69, 9.17) is 9.73 Å². The molecule has 0 radical (unpaired) electrons. The van der Waals surface area contributed by atoms with E-state index in [0.717, 1.165) is 31.2 Å². The Bertz CT molecular complexity index is 1200. The molecule has 0 atom stereocenters. The monoisotopic (exact) mass is 652 g/mol. The Labute approximate surface area is 283 Å². The molecule has 10 nitrogen and oxygen atoms in total. The summed E-state index contributed by atoms with van der Waals surface area (Å²) in [7, 11) is 1.94. The Morgan fingerprint density at radius 1 is 0.936 bits per heavy atom. The molecule has 1 aromatic rings.